The van der Waals surface area contributed by atoms with Gasteiger partial charge in [0.1, 0.15) is 0 Å². The highest BCUT2D eigenvalue weighted by Gasteiger charge is 2.80. The summed E-state index contributed by atoms with van der Waals surface area (Å²) in [5.41, 5.74) is 5.25. The Balaban J connectivity index is 1.69. The summed E-state index contributed by atoms with van der Waals surface area (Å²) in [6, 6.07) is 7.00. The molecule has 23 heavy (non-hydrogen) atoms. The van der Waals surface area contributed by atoms with Crippen molar-refractivity contribution < 1.29 is 9.59 Å². The zero-order valence-electron chi connectivity index (χ0n) is 13.4. The normalized spacial score (nSPS) is 33.7. The minimum absolute atomic E-state index is 0.0966. The summed E-state index contributed by atoms with van der Waals surface area (Å²) in [7, 11) is 0. The number of nitrogens with one attached hydrogen (secondary N) is 2. The molecule has 3 aliphatic rings. The number of benzene rings is 1. The molecule has 0 saturated heterocycles. The molecule has 3 saturated carbocycles. The summed E-state index contributed by atoms with van der Waals surface area (Å²) in [6.45, 7) is 6.52. The molecule has 0 aromatic heterocycles. The van der Waals surface area contributed by atoms with Gasteiger partial charge in [-0.25, -0.2) is 0 Å². The van der Waals surface area contributed by atoms with Gasteiger partial charge < -0.3 is 0 Å². The highest BCUT2D eigenvalue weighted by Crippen LogP contribution is 2.79. The van der Waals surface area contributed by atoms with Crippen LogP contribution in [0.4, 0.5) is 0 Å². The molecule has 4 nitrogen and oxygen atoms in total. The van der Waals surface area contributed by atoms with Gasteiger partial charge in [0.05, 0.1) is 5.41 Å². The van der Waals surface area contributed by atoms with Gasteiger partial charge in [0, 0.05) is 14.9 Å². The van der Waals surface area contributed by atoms with Crippen LogP contribution in [0.25, 0.3) is 0 Å². The SMILES string of the molecule is CC12CCC(C(=O)NNC(=O)c3ccc(Br)cc3)(C1Br)C2(C)C. The van der Waals surface area contributed by atoms with E-state index in [0.717, 1.165) is 17.3 Å². The lowest BCUT2D eigenvalue weighted by atomic mass is 9.43. The lowest BCUT2D eigenvalue weighted by Crippen LogP contribution is -2.70. The molecular formula is C17H20Br2N2O2. The van der Waals surface area contributed by atoms with Crippen LogP contribution in [-0.4, -0.2) is 16.6 Å². The summed E-state index contributed by atoms with van der Waals surface area (Å²) >= 11 is 7.06. The van der Waals surface area contributed by atoms with Gasteiger partial charge in [0.15, 0.2) is 0 Å². The molecular weight excluding hydrogens is 424 g/mol. The van der Waals surface area contributed by atoms with E-state index in [2.05, 4.69) is 63.5 Å². The predicted octanol–water partition coefficient (Wildman–Crippen LogP) is 3.80. The average molecular weight is 444 g/mol. The van der Waals surface area contributed by atoms with E-state index in [0.29, 0.717) is 5.56 Å². The van der Waals surface area contributed by atoms with Gasteiger partial charge in [-0.3, -0.25) is 20.4 Å². The van der Waals surface area contributed by atoms with E-state index in [1.807, 2.05) is 0 Å². The molecule has 3 unspecified atom stereocenters. The smallest absolute Gasteiger partial charge is 0.269 e. The third kappa shape index (κ3) is 2.07. The first kappa shape index (κ1) is 17.0. The minimum atomic E-state index is -0.464. The van der Waals surface area contributed by atoms with Crippen molar-refractivity contribution in [3.05, 3.63) is 34.3 Å². The Morgan fingerprint density at radius 2 is 1.70 bits per heavy atom. The Morgan fingerprint density at radius 3 is 2.17 bits per heavy atom. The second kappa shape index (κ2) is 5.31. The second-order valence-electron chi connectivity index (χ2n) is 7.29. The molecule has 3 atom stereocenters. The molecule has 4 rings (SSSR count). The number of hydrogen-bond donors (Lipinski definition) is 2. The number of hydrogen-bond acceptors (Lipinski definition) is 2. The zero-order chi connectivity index (χ0) is 17.0. The van der Waals surface area contributed by atoms with E-state index in [9.17, 15) is 9.59 Å². The van der Waals surface area contributed by atoms with Gasteiger partial charge >= 0.3 is 0 Å². The van der Waals surface area contributed by atoms with Crippen molar-refractivity contribution in [3.8, 4) is 0 Å². The third-order valence-electron chi connectivity index (χ3n) is 6.37. The van der Waals surface area contributed by atoms with Crippen LogP contribution in [0, 0.1) is 16.2 Å². The number of halogens is 2. The topological polar surface area (TPSA) is 58.2 Å². The van der Waals surface area contributed by atoms with Crippen molar-refractivity contribution in [1.82, 2.24) is 10.9 Å². The van der Waals surface area contributed by atoms with Crippen LogP contribution in [0.2, 0.25) is 0 Å². The van der Waals surface area contributed by atoms with Gasteiger partial charge in [-0.15, -0.1) is 0 Å². The van der Waals surface area contributed by atoms with Crippen LogP contribution >= 0.6 is 31.9 Å². The molecule has 0 radical (unpaired) electrons. The summed E-state index contributed by atoms with van der Waals surface area (Å²) < 4.78 is 0.903. The average Bonchev–Trinajstić information content (AvgIpc) is 2.92. The fourth-order valence-corrected chi connectivity index (χ4v) is 6.43. The summed E-state index contributed by atoms with van der Waals surface area (Å²) in [4.78, 5) is 25.1. The molecule has 1 aromatic rings. The van der Waals surface area contributed by atoms with E-state index < -0.39 is 5.41 Å². The summed E-state index contributed by atoms with van der Waals surface area (Å²) in [5, 5.41) is 0. The molecule has 2 bridgehead atoms. The molecule has 0 heterocycles. The molecule has 6 heteroatoms. The van der Waals surface area contributed by atoms with Crippen LogP contribution < -0.4 is 10.9 Å². The van der Waals surface area contributed by atoms with Crippen molar-refractivity contribution in [2.75, 3.05) is 0 Å². The maximum absolute atomic E-state index is 12.8. The number of alkyl halides is 1. The number of carbonyl (C=O) groups is 2. The minimum Gasteiger partial charge on any atom is -0.273 e. The first-order chi connectivity index (χ1) is 10.7. The van der Waals surface area contributed by atoms with Crippen molar-refractivity contribution in [2.24, 2.45) is 16.2 Å². The lowest BCUT2D eigenvalue weighted by Gasteiger charge is -2.64. The third-order valence-corrected chi connectivity index (χ3v) is 8.70. The molecule has 1 aromatic carbocycles. The highest BCUT2D eigenvalue weighted by molar-refractivity contribution is 9.10. The molecule has 3 fully saturated rings. The lowest BCUT2D eigenvalue weighted by molar-refractivity contribution is -0.162. The number of fused-ring (bicyclic) bond motifs is 1. The van der Waals surface area contributed by atoms with Crippen molar-refractivity contribution >= 4 is 43.7 Å². The Bertz CT molecular complexity index is 674. The maximum Gasteiger partial charge on any atom is 0.269 e. The van der Waals surface area contributed by atoms with Crippen LogP contribution in [0.3, 0.4) is 0 Å². The van der Waals surface area contributed by atoms with E-state index in [1.54, 1.807) is 24.3 Å². The first-order valence-electron chi connectivity index (χ1n) is 7.67. The Labute approximate surface area is 153 Å². The van der Waals surface area contributed by atoms with Gasteiger partial charge in [-0.05, 0) is 47.9 Å². The van der Waals surface area contributed by atoms with Gasteiger partial charge in [-0.1, -0.05) is 52.6 Å². The zero-order valence-corrected chi connectivity index (χ0v) is 16.5. The largest absolute Gasteiger partial charge is 0.273 e. The molecule has 0 aliphatic heterocycles. The van der Waals surface area contributed by atoms with Gasteiger partial charge in [0.2, 0.25) is 5.91 Å². The van der Waals surface area contributed by atoms with Gasteiger partial charge in [0.25, 0.3) is 5.91 Å². The molecule has 124 valence electrons. The van der Waals surface area contributed by atoms with E-state index in [1.165, 1.54) is 0 Å². The molecule has 2 N–H and O–H groups in total. The standard InChI is InChI=1S/C17H20Br2N2O2/c1-15(2)16(3)8-9-17(15,13(16)19)14(23)21-20-12(22)10-4-6-11(18)7-5-10/h4-7,13H,8-9H2,1-3H3,(H,20,22)(H,21,23). The number of carbonyl (C=O) groups excluding carboxylic acids is 2. The van der Waals surface area contributed by atoms with E-state index >= 15 is 0 Å². The van der Waals surface area contributed by atoms with Crippen LogP contribution in [0.5, 0.6) is 0 Å². The van der Waals surface area contributed by atoms with Crippen LogP contribution in [0.1, 0.15) is 44.0 Å². The number of hydrazine groups is 1. The summed E-state index contributed by atoms with van der Waals surface area (Å²) in [6.07, 6.45) is 1.86. The van der Waals surface area contributed by atoms with Crippen molar-refractivity contribution in [3.63, 3.8) is 0 Å². The maximum atomic E-state index is 12.8. The second-order valence-corrected chi connectivity index (χ2v) is 9.12. The molecule has 2 amide bonds. The fourth-order valence-electron chi connectivity index (χ4n) is 4.36. The molecule has 3 aliphatic carbocycles. The number of amides is 2. The van der Waals surface area contributed by atoms with Crippen LogP contribution in [-0.2, 0) is 4.79 Å². The van der Waals surface area contributed by atoms with Gasteiger partial charge in [-0.2, -0.15) is 0 Å². The predicted molar refractivity (Wildman–Crippen MR) is 96.0 cm³/mol. The molecule has 0 spiro atoms. The van der Waals surface area contributed by atoms with E-state index in [4.69, 9.17) is 0 Å². The van der Waals surface area contributed by atoms with E-state index in [-0.39, 0.29) is 27.5 Å². The first-order valence-corrected chi connectivity index (χ1v) is 9.38. The van der Waals surface area contributed by atoms with Crippen LogP contribution in [0.15, 0.2) is 28.7 Å². The monoisotopic (exact) mass is 442 g/mol. The highest BCUT2D eigenvalue weighted by atomic mass is 79.9. The quantitative estimate of drug-likeness (QED) is 0.539. The van der Waals surface area contributed by atoms with Crippen molar-refractivity contribution in [2.45, 2.75) is 38.4 Å². The summed E-state index contributed by atoms with van der Waals surface area (Å²) in [5.74, 6) is -0.420. The Kier molecular flexibility index (Phi) is 3.92. The number of rotatable bonds is 2. The Hall–Kier alpha value is -0.880. The Morgan fingerprint density at radius 1 is 1.09 bits per heavy atom. The van der Waals surface area contributed by atoms with Crippen molar-refractivity contribution in [1.29, 1.82) is 0 Å². The fraction of sp³-hybridized carbons (Fsp3) is 0.529.